The van der Waals surface area contributed by atoms with Gasteiger partial charge in [0.1, 0.15) is 5.78 Å². The van der Waals surface area contributed by atoms with Crippen molar-refractivity contribution in [1.29, 1.82) is 0 Å². The Morgan fingerprint density at radius 1 is 1.40 bits per heavy atom. The van der Waals surface area contributed by atoms with Crippen LogP contribution in [0.15, 0.2) is 24.3 Å². The average molecular weight is 241 g/mol. The Morgan fingerprint density at radius 2 is 2.13 bits per heavy atom. The zero-order valence-corrected chi connectivity index (χ0v) is 9.98. The van der Waals surface area contributed by atoms with Gasteiger partial charge in [-0.1, -0.05) is 29.8 Å². The predicted octanol–water partition coefficient (Wildman–Crippen LogP) is 3.55. The highest BCUT2D eigenvalue weighted by Gasteiger charge is 2.28. The topological polar surface area (TPSA) is 17.1 Å². The summed E-state index contributed by atoms with van der Waals surface area (Å²) in [5.74, 6) is 2.25. The number of rotatable bonds is 5. The number of carbonyl (C=O) groups excluding carboxylic acids is 1. The van der Waals surface area contributed by atoms with Crippen LogP contribution in [0, 0.1) is 5.92 Å². The van der Waals surface area contributed by atoms with Crippen molar-refractivity contribution in [1.82, 2.24) is 0 Å². The van der Waals surface area contributed by atoms with Crippen molar-refractivity contribution in [2.24, 2.45) is 5.92 Å². The van der Waals surface area contributed by atoms with E-state index in [-0.39, 0.29) is 0 Å². The Bertz CT molecular complexity index is 360. The smallest absolute Gasteiger partial charge is 0.145 e. The SMILES string of the molecule is O=C(CSCc1ccccc1Cl)C1CC1. The van der Waals surface area contributed by atoms with Gasteiger partial charge in [0.05, 0.1) is 5.75 Å². The maximum atomic E-state index is 11.4. The highest BCUT2D eigenvalue weighted by Crippen LogP contribution is 2.31. The normalized spacial score (nSPS) is 15.3. The fourth-order valence-electron chi connectivity index (χ4n) is 1.40. The summed E-state index contributed by atoms with van der Waals surface area (Å²) in [6, 6.07) is 7.80. The van der Waals surface area contributed by atoms with Crippen molar-refractivity contribution < 1.29 is 4.79 Å². The lowest BCUT2D eigenvalue weighted by molar-refractivity contribution is -0.117. The molecule has 2 rings (SSSR count). The molecule has 1 aliphatic rings. The molecule has 0 unspecified atom stereocenters. The van der Waals surface area contributed by atoms with Gasteiger partial charge in [0.25, 0.3) is 0 Å². The number of carbonyl (C=O) groups is 1. The fourth-order valence-corrected chi connectivity index (χ4v) is 2.69. The summed E-state index contributed by atoms with van der Waals surface area (Å²) in [5.41, 5.74) is 1.12. The van der Waals surface area contributed by atoms with Crippen LogP contribution in [0.4, 0.5) is 0 Å². The summed E-state index contributed by atoms with van der Waals surface area (Å²) in [5, 5.41) is 0.795. The maximum absolute atomic E-state index is 11.4. The highest BCUT2D eigenvalue weighted by atomic mass is 35.5. The molecule has 0 heterocycles. The fraction of sp³-hybridized carbons (Fsp3) is 0.417. The van der Waals surface area contributed by atoms with E-state index in [4.69, 9.17) is 11.6 Å². The van der Waals surface area contributed by atoms with Crippen molar-refractivity contribution in [3.8, 4) is 0 Å². The first kappa shape index (κ1) is 11.0. The summed E-state index contributed by atoms with van der Waals surface area (Å²) in [4.78, 5) is 11.4. The van der Waals surface area contributed by atoms with E-state index >= 15 is 0 Å². The molecular weight excluding hydrogens is 228 g/mol. The number of hydrogen-bond acceptors (Lipinski definition) is 2. The zero-order valence-electron chi connectivity index (χ0n) is 8.41. The minimum absolute atomic E-state index is 0.378. The number of hydrogen-bond donors (Lipinski definition) is 0. The molecule has 1 saturated carbocycles. The first-order chi connectivity index (χ1) is 7.27. The second-order valence-electron chi connectivity index (χ2n) is 3.82. The predicted molar refractivity (Wildman–Crippen MR) is 65.3 cm³/mol. The van der Waals surface area contributed by atoms with Crippen molar-refractivity contribution in [3.05, 3.63) is 34.9 Å². The van der Waals surface area contributed by atoms with Gasteiger partial charge >= 0.3 is 0 Å². The van der Waals surface area contributed by atoms with Crippen LogP contribution in [-0.2, 0) is 10.5 Å². The second kappa shape index (κ2) is 5.04. The van der Waals surface area contributed by atoms with Crippen LogP contribution < -0.4 is 0 Å². The average Bonchev–Trinajstić information content (AvgIpc) is 3.04. The third-order valence-corrected chi connectivity index (χ3v) is 3.86. The molecule has 3 heteroatoms. The minimum Gasteiger partial charge on any atom is -0.298 e. The molecule has 0 radical (unpaired) electrons. The van der Waals surface area contributed by atoms with Gasteiger partial charge in [-0.3, -0.25) is 4.79 Å². The molecule has 0 saturated heterocycles. The number of Topliss-reactive ketones (excluding diaryl/α,β-unsaturated/α-hetero) is 1. The van der Waals surface area contributed by atoms with E-state index in [2.05, 4.69) is 0 Å². The molecule has 0 amide bonds. The van der Waals surface area contributed by atoms with E-state index in [1.54, 1.807) is 11.8 Å². The monoisotopic (exact) mass is 240 g/mol. The van der Waals surface area contributed by atoms with E-state index in [1.807, 2.05) is 24.3 Å². The Morgan fingerprint density at radius 3 is 2.80 bits per heavy atom. The van der Waals surface area contributed by atoms with Crippen LogP contribution in [0.3, 0.4) is 0 Å². The lowest BCUT2D eigenvalue weighted by Crippen LogP contribution is -2.03. The standard InChI is InChI=1S/C12H13ClOS/c13-11-4-2-1-3-10(11)7-15-8-12(14)9-5-6-9/h1-4,9H,5-8H2. The van der Waals surface area contributed by atoms with Crippen LogP contribution in [-0.4, -0.2) is 11.5 Å². The molecule has 0 aromatic heterocycles. The molecule has 1 aromatic carbocycles. The molecule has 0 bridgehead atoms. The molecule has 80 valence electrons. The summed E-state index contributed by atoms with van der Waals surface area (Å²) < 4.78 is 0. The number of thioether (sulfide) groups is 1. The van der Waals surface area contributed by atoms with Gasteiger partial charge in [0.2, 0.25) is 0 Å². The molecule has 0 N–H and O–H groups in total. The van der Waals surface area contributed by atoms with Gasteiger partial charge in [-0.25, -0.2) is 0 Å². The minimum atomic E-state index is 0.378. The Hall–Kier alpha value is -0.470. The molecule has 1 aromatic rings. The molecule has 0 spiro atoms. The van der Waals surface area contributed by atoms with E-state index in [9.17, 15) is 4.79 Å². The van der Waals surface area contributed by atoms with Crippen LogP contribution in [0.25, 0.3) is 0 Å². The van der Waals surface area contributed by atoms with E-state index in [0.29, 0.717) is 17.5 Å². The van der Waals surface area contributed by atoms with Crippen LogP contribution in [0.5, 0.6) is 0 Å². The maximum Gasteiger partial charge on any atom is 0.145 e. The van der Waals surface area contributed by atoms with Gasteiger partial charge in [0, 0.05) is 16.7 Å². The number of halogens is 1. The van der Waals surface area contributed by atoms with Gasteiger partial charge in [-0.15, -0.1) is 11.8 Å². The van der Waals surface area contributed by atoms with E-state index < -0.39 is 0 Å². The summed E-state index contributed by atoms with van der Waals surface area (Å²) >= 11 is 7.68. The third kappa shape index (κ3) is 3.25. The quantitative estimate of drug-likeness (QED) is 0.783. The molecule has 1 aliphatic carbocycles. The second-order valence-corrected chi connectivity index (χ2v) is 5.22. The molecule has 15 heavy (non-hydrogen) atoms. The summed E-state index contributed by atoms with van der Waals surface area (Å²) in [6.45, 7) is 0. The molecule has 1 nitrogen and oxygen atoms in total. The highest BCUT2D eigenvalue weighted by molar-refractivity contribution is 7.99. The third-order valence-electron chi connectivity index (χ3n) is 2.49. The molecular formula is C12H13ClOS. The largest absolute Gasteiger partial charge is 0.298 e. The van der Waals surface area contributed by atoms with Crippen LogP contribution in [0.2, 0.25) is 5.02 Å². The van der Waals surface area contributed by atoms with Crippen LogP contribution >= 0.6 is 23.4 Å². The van der Waals surface area contributed by atoms with Crippen LogP contribution in [0.1, 0.15) is 18.4 Å². The lowest BCUT2D eigenvalue weighted by Gasteiger charge is -2.02. The molecule has 1 fully saturated rings. The van der Waals surface area contributed by atoms with Gasteiger partial charge in [-0.2, -0.15) is 0 Å². The summed E-state index contributed by atoms with van der Waals surface area (Å²) in [7, 11) is 0. The zero-order chi connectivity index (χ0) is 10.7. The van der Waals surface area contributed by atoms with Gasteiger partial charge < -0.3 is 0 Å². The number of benzene rings is 1. The van der Waals surface area contributed by atoms with E-state index in [0.717, 1.165) is 29.2 Å². The Labute approximate surface area is 99.2 Å². The van der Waals surface area contributed by atoms with Crippen molar-refractivity contribution >= 4 is 29.1 Å². The first-order valence-electron chi connectivity index (χ1n) is 5.11. The van der Waals surface area contributed by atoms with Crippen molar-refractivity contribution in [2.75, 3.05) is 5.75 Å². The van der Waals surface area contributed by atoms with Crippen molar-refractivity contribution in [2.45, 2.75) is 18.6 Å². The van der Waals surface area contributed by atoms with E-state index in [1.165, 1.54) is 0 Å². The number of ketones is 1. The van der Waals surface area contributed by atoms with Gasteiger partial charge in [-0.05, 0) is 24.5 Å². The molecule has 0 aliphatic heterocycles. The first-order valence-corrected chi connectivity index (χ1v) is 6.64. The summed E-state index contributed by atoms with van der Waals surface area (Å²) in [6.07, 6.45) is 2.21. The van der Waals surface area contributed by atoms with Gasteiger partial charge in [0.15, 0.2) is 0 Å². The Kier molecular flexibility index (Phi) is 3.71. The Balaban J connectivity index is 1.78. The molecule has 0 atom stereocenters. The lowest BCUT2D eigenvalue weighted by atomic mass is 10.2. The van der Waals surface area contributed by atoms with Crippen molar-refractivity contribution in [3.63, 3.8) is 0 Å².